The number of esters is 1. The van der Waals surface area contributed by atoms with Crippen molar-refractivity contribution in [1.82, 2.24) is 5.32 Å². The lowest BCUT2D eigenvalue weighted by molar-refractivity contribution is -0.129. The zero-order chi connectivity index (χ0) is 18.1. The van der Waals surface area contributed by atoms with Crippen LogP contribution in [0.4, 0.5) is 5.69 Å². The number of carbonyl (C=O) groups is 2. The van der Waals surface area contributed by atoms with Crippen molar-refractivity contribution in [3.63, 3.8) is 0 Å². The highest BCUT2D eigenvalue weighted by molar-refractivity contribution is 5.97. The Kier molecular flexibility index (Phi) is 7.03. The molecule has 0 saturated heterocycles. The van der Waals surface area contributed by atoms with Crippen LogP contribution >= 0.6 is 0 Å². The van der Waals surface area contributed by atoms with Crippen molar-refractivity contribution in [2.24, 2.45) is 0 Å². The van der Waals surface area contributed by atoms with Crippen LogP contribution in [0, 0.1) is 0 Å². The molecular weight excluding hydrogens is 324 g/mol. The SMILES string of the molecule is COCCNC(=O)[C@H](C)OC(=O)c1ccccc1NCc1ccco1. The summed E-state index contributed by atoms with van der Waals surface area (Å²) in [7, 11) is 1.54. The van der Waals surface area contributed by atoms with Gasteiger partial charge in [0.25, 0.3) is 5.91 Å². The fraction of sp³-hybridized carbons (Fsp3) is 0.333. The smallest absolute Gasteiger partial charge is 0.341 e. The van der Waals surface area contributed by atoms with Crippen LogP contribution in [0.1, 0.15) is 23.0 Å². The average molecular weight is 346 g/mol. The molecule has 0 bridgehead atoms. The molecule has 0 saturated carbocycles. The molecule has 2 aromatic rings. The van der Waals surface area contributed by atoms with Gasteiger partial charge in [0.1, 0.15) is 5.76 Å². The maximum Gasteiger partial charge on any atom is 0.341 e. The number of ether oxygens (including phenoxy) is 2. The standard InChI is InChI=1S/C18H22N2O5/c1-13(17(21)19-9-11-23-2)25-18(22)15-7-3-4-8-16(15)20-12-14-6-5-10-24-14/h3-8,10,13,20H,9,11-12H2,1-2H3,(H,19,21)/t13-/m0/s1. The van der Waals surface area contributed by atoms with E-state index in [0.29, 0.717) is 30.9 Å². The van der Waals surface area contributed by atoms with Gasteiger partial charge in [-0.1, -0.05) is 12.1 Å². The summed E-state index contributed by atoms with van der Waals surface area (Å²) in [4.78, 5) is 24.3. The number of methoxy groups -OCH3 is 1. The normalized spacial score (nSPS) is 11.6. The van der Waals surface area contributed by atoms with Crippen molar-refractivity contribution in [1.29, 1.82) is 0 Å². The van der Waals surface area contributed by atoms with Crippen LogP contribution in [0.25, 0.3) is 0 Å². The molecule has 0 aliphatic rings. The Morgan fingerprint density at radius 3 is 2.72 bits per heavy atom. The lowest BCUT2D eigenvalue weighted by Crippen LogP contribution is -2.37. The lowest BCUT2D eigenvalue weighted by atomic mass is 10.1. The van der Waals surface area contributed by atoms with E-state index >= 15 is 0 Å². The maximum atomic E-state index is 12.4. The molecule has 1 amide bonds. The number of hydrogen-bond acceptors (Lipinski definition) is 6. The molecule has 0 aliphatic heterocycles. The van der Waals surface area contributed by atoms with Gasteiger partial charge in [-0.25, -0.2) is 4.79 Å². The van der Waals surface area contributed by atoms with Gasteiger partial charge in [-0.05, 0) is 31.2 Å². The number of furan rings is 1. The molecule has 2 rings (SSSR count). The summed E-state index contributed by atoms with van der Waals surface area (Å²) in [6, 6.07) is 10.6. The van der Waals surface area contributed by atoms with Gasteiger partial charge in [-0.15, -0.1) is 0 Å². The minimum atomic E-state index is -0.900. The number of rotatable bonds is 9. The fourth-order valence-electron chi connectivity index (χ4n) is 2.11. The van der Waals surface area contributed by atoms with Crippen LogP contribution in [-0.2, 0) is 20.8 Å². The first-order valence-electron chi connectivity index (χ1n) is 7.94. The van der Waals surface area contributed by atoms with Crippen LogP contribution in [0.3, 0.4) is 0 Å². The van der Waals surface area contributed by atoms with E-state index in [1.54, 1.807) is 37.6 Å². The molecule has 0 spiro atoms. The number of nitrogens with one attached hydrogen (secondary N) is 2. The van der Waals surface area contributed by atoms with Gasteiger partial charge in [0, 0.05) is 19.3 Å². The quantitative estimate of drug-likeness (QED) is 0.534. The van der Waals surface area contributed by atoms with Crippen LogP contribution in [0.2, 0.25) is 0 Å². The maximum absolute atomic E-state index is 12.4. The van der Waals surface area contributed by atoms with E-state index < -0.39 is 12.1 Å². The largest absolute Gasteiger partial charge is 0.467 e. The third-order valence-corrected chi connectivity index (χ3v) is 3.44. The first-order valence-corrected chi connectivity index (χ1v) is 7.94. The van der Waals surface area contributed by atoms with Crippen LogP contribution in [-0.4, -0.2) is 38.2 Å². The van der Waals surface area contributed by atoms with Gasteiger partial charge < -0.3 is 24.5 Å². The molecule has 7 nitrogen and oxygen atoms in total. The Morgan fingerprint density at radius 2 is 2.00 bits per heavy atom. The summed E-state index contributed by atoms with van der Waals surface area (Å²) in [5, 5.41) is 5.76. The van der Waals surface area contributed by atoms with Crippen molar-refractivity contribution in [3.05, 3.63) is 54.0 Å². The van der Waals surface area contributed by atoms with Gasteiger partial charge >= 0.3 is 5.97 Å². The summed E-state index contributed by atoms with van der Waals surface area (Å²) in [6.07, 6.45) is 0.684. The van der Waals surface area contributed by atoms with Crippen LogP contribution in [0.5, 0.6) is 0 Å². The molecule has 0 aliphatic carbocycles. The summed E-state index contributed by atoms with van der Waals surface area (Å²) in [5.41, 5.74) is 0.960. The highest BCUT2D eigenvalue weighted by Gasteiger charge is 2.20. The predicted molar refractivity (Wildman–Crippen MR) is 92.2 cm³/mol. The van der Waals surface area contributed by atoms with E-state index in [-0.39, 0.29) is 5.91 Å². The zero-order valence-electron chi connectivity index (χ0n) is 14.3. The van der Waals surface area contributed by atoms with Gasteiger partial charge in [-0.3, -0.25) is 4.79 Å². The molecule has 134 valence electrons. The monoisotopic (exact) mass is 346 g/mol. The third kappa shape index (κ3) is 5.65. The molecule has 1 aromatic carbocycles. The van der Waals surface area contributed by atoms with Gasteiger partial charge in [-0.2, -0.15) is 0 Å². The molecule has 1 heterocycles. The number of benzene rings is 1. The topological polar surface area (TPSA) is 89.8 Å². The van der Waals surface area contributed by atoms with E-state index in [0.717, 1.165) is 5.76 Å². The van der Waals surface area contributed by atoms with Gasteiger partial charge in [0.2, 0.25) is 0 Å². The number of anilines is 1. The highest BCUT2D eigenvalue weighted by Crippen LogP contribution is 2.18. The molecular formula is C18H22N2O5. The average Bonchev–Trinajstić information content (AvgIpc) is 3.13. The van der Waals surface area contributed by atoms with Crippen LogP contribution in [0.15, 0.2) is 47.1 Å². The minimum Gasteiger partial charge on any atom is -0.467 e. The Labute approximate surface area is 146 Å². The molecule has 25 heavy (non-hydrogen) atoms. The highest BCUT2D eigenvalue weighted by atomic mass is 16.5. The molecule has 0 unspecified atom stereocenters. The minimum absolute atomic E-state index is 0.352. The second-order valence-corrected chi connectivity index (χ2v) is 5.31. The Bertz CT molecular complexity index is 685. The van der Waals surface area contributed by atoms with Crippen molar-refractivity contribution < 1.29 is 23.5 Å². The number of hydrogen-bond donors (Lipinski definition) is 2. The van der Waals surface area contributed by atoms with E-state index in [2.05, 4.69) is 10.6 Å². The summed E-state index contributed by atoms with van der Waals surface area (Å²) >= 11 is 0. The molecule has 0 radical (unpaired) electrons. The van der Waals surface area contributed by atoms with E-state index in [1.165, 1.54) is 6.92 Å². The molecule has 1 aromatic heterocycles. The first-order chi connectivity index (χ1) is 12.1. The molecule has 2 N–H and O–H groups in total. The zero-order valence-corrected chi connectivity index (χ0v) is 14.3. The second-order valence-electron chi connectivity index (χ2n) is 5.31. The summed E-state index contributed by atoms with van der Waals surface area (Å²) in [5.74, 6) is -0.197. The summed E-state index contributed by atoms with van der Waals surface area (Å²) in [6.45, 7) is 2.72. The van der Waals surface area contributed by atoms with Crippen molar-refractivity contribution >= 4 is 17.6 Å². The second kappa shape index (κ2) is 9.48. The molecule has 7 heteroatoms. The third-order valence-electron chi connectivity index (χ3n) is 3.44. The lowest BCUT2D eigenvalue weighted by Gasteiger charge is -2.15. The Morgan fingerprint density at radius 1 is 1.20 bits per heavy atom. The Hall–Kier alpha value is -2.80. The van der Waals surface area contributed by atoms with Crippen molar-refractivity contribution in [2.75, 3.05) is 25.6 Å². The predicted octanol–water partition coefficient (Wildman–Crippen LogP) is 2.20. The number of amides is 1. The summed E-state index contributed by atoms with van der Waals surface area (Å²) < 4.78 is 15.4. The van der Waals surface area contributed by atoms with E-state index in [1.807, 2.05) is 12.1 Å². The number of carbonyl (C=O) groups excluding carboxylic acids is 2. The number of para-hydroxylation sites is 1. The first kappa shape index (κ1) is 18.5. The van der Waals surface area contributed by atoms with Gasteiger partial charge in [0.05, 0.1) is 25.0 Å². The van der Waals surface area contributed by atoms with Crippen molar-refractivity contribution in [3.8, 4) is 0 Å². The van der Waals surface area contributed by atoms with E-state index in [9.17, 15) is 9.59 Å². The Balaban J connectivity index is 1.95. The van der Waals surface area contributed by atoms with Crippen molar-refractivity contribution in [2.45, 2.75) is 19.6 Å². The molecule has 0 fully saturated rings. The van der Waals surface area contributed by atoms with Crippen LogP contribution < -0.4 is 10.6 Å². The fourth-order valence-corrected chi connectivity index (χ4v) is 2.11. The van der Waals surface area contributed by atoms with E-state index in [4.69, 9.17) is 13.9 Å². The molecule has 1 atom stereocenters. The van der Waals surface area contributed by atoms with Gasteiger partial charge in [0.15, 0.2) is 6.10 Å².